The highest BCUT2D eigenvalue weighted by atomic mass is 35.5. The van der Waals surface area contributed by atoms with Gasteiger partial charge in [-0.1, -0.05) is 53.6 Å². The minimum atomic E-state index is -0.240. The molecule has 1 aromatic heterocycles. The molecule has 0 bridgehead atoms. The summed E-state index contributed by atoms with van der Waals surface area (Å²) in [4.78, 5) is 13.2. The summed E-state index contributed by atoms with van der Waals surface area (Å²) in [7, 11) is 0. The summed E-state index contributed by atoms with van der Waals surface area (Å²) < 4.78 is 1.70. The predicted octanol–water partition coefficient (Wildman–Crippen LogP) is 5.02. The van der Waals surface area contributed by atoms with Gasteiger partial charge in [0, 0.05) is 41.2 Å². The SMILES string of the molecule is Cc1c(C(=O)NN2CCCCC2)nn(-c2ccc(Cl)cc2Cl)c1-c1ccc(C#CCCO)cc1. The first kappa shape index (κ1) is 24.3. The number of hydrogen-bond donors (Lipinski definition) is 2. The maximum Gasteiger partial charge on any atom is 0.286 e. The molecule has 0 aliphatic carbocycles. The third-order valence-electron chi connectivity index (χ3n) is 5.72. The summed E-state index contributed by atoms with van der Waals surface area (Å²) in [5.41, 5.74) is 7.22. The molecule has 6 nitrogen and oxygen atoms in total. The Kier molecular flexibility index (Phi) is 7.91. The standard InChI is InChI=1S/C26H26Cl2N4O2/c1-18-24(26(34)30-31-14-4-2-5-15-31)29-32(23-13-12-21(27)17-22(23)28)25(18)20-10-8-19(9-11-20)7-3-6-16-33/h8-13,17,33H,2,4-6,14-16H2,1H3,(H,30,34). The van der Waals surface area contributed by atoms with Crippen LogP contribution in [0.15, 0.2) is 42.5 Å². The number of carbonyl (C=O) groups excluding carboxylic acids is 1. The monoisotopic (exact) mass is 496 g/mol. The lowest BCUT2D eigenvalue weighted by molar-refractivity contribution is 0.0743. The number of nitrogens with zero attached hydrogens (tertiary/aromatic N) is 3. The number of amides is 1. The van der Waals surface area contributed by atoms with Crippen LogP contribution in [0.3, 0.4) is 0 Å². The van der Waals surface area contributed by atoms with Crippen molar-refractivity contribution in [2.75, 3.05) is 19.7 Å². The van der Waals surface area contributed by atoms with Gasteiger partial charge in [-0.2, -0.15) is 5.10 Å². The Labute approximate surface area is 209 Å². The summed E-state index contributed by atoms with van der Waals surface area (Å²) in [6.45, 7) is 3.59. The van der Waals surface area contributed by atoms with Crippen LogP contribution < -0.4 is 5.43 Å². The normalized spacial score (nSPS) is 13.9. The number of nitrogens with one attached hydrogen (secondary N) is 1. The number of aromatic nitrogens is 2. The quantitative estimate of drug-likeness (QED) is 0.486. The lowest BCUT2D eigenvalue weighted by Gasteiger charge is -2.26. The first-order chi connectivity index (χ1) is 16.5. The second-order valence-electron chi connectivity index (χ2n) is 8.17. The summed E-state index contributed by atoms with van der Waals surface area (Å²) in [6, 6.07) is 12.9. The van der Waals surface area contributed by atoms with Gasteiger partial charge >= 0.3 is 0 Å². The number of benzene rings is 2. The van der Waals surface area contributed by atoms with Crippen molar-refractivity contribution >= 4 is 29.1 Å². The van der Waals surface area contributed by atoms with E-state index in [1.807, 2.05) is 36.2 Å². The topological polar surface area (TPSA) is 70.4 Å². The zero-order valence-electron chi connectivity index (χ0n) is 18.9. The van der Waals surface area contributed by atoms with Crippen molar-refractivity contribution < 1.29 is 9.90 Å². The summed E-state index contributed by atoms with van der Waals surface area (Å²) in [6.07, 6.45) is 3.73. The van der Waals surface area contributed by atoms with Gasteiger partial charge in [0.15, 0.2) is 5.69 Å². The van der Waals surface area contributed by atoms with Gasteiger partial charge in [0.2, 0.25) is 0 Å². The largest absolute Gasteiger partial charge is 0.395 e. The van der Waals surface area contributed by atoms with Crippen LogP contribution in [0.2, 0.25) is 10.0 Å². The summed E-state index contributed by atoms with van der Waals surface area (Å²) >= 11 is 12.6. The maximum absolute atomic E-state index is 13.2. The van der Waals surface area contributed by atoms with Crippen LogP contribution in [0.25, 0.3) is 16.9 Å². The highest BCUT2D eigenvalue weighted by Gasteiger charge is 2.24. The zero-order valence-corrected chi connectivity index (χ0v) is 20.5. The molecule has 176 valence electrons. The molecule has 2 heterocycles. The molecule has 34 heavy (non-hydrogen) atoms. The molecule has 8 heteroatoms. The van der Waals surface area contributed by atoms with Crippen molar-refractivity contribution in [3.8, 4) is 28.8 Å². The highest BCUT2D eigenvalue weighted by Crippen LogP contribution is 2.33. The zero-order chi connectivity index (χ0) is 24.1. The molecule has 1 aliphatic heterocycles. The number of piperidine rings is 1. The van der Waals surface area contributed by atoms with E-state index in [1.165, 1.54) is 6.42 Å². The summed E-state index contributed by atoms with van der Waals surface area (Å²) in [5, 5.41) is 16.5. The molecule has 3 aromatic rings. The lowest BCUT2D eigenvalue weighted by atomic mass is 10.0. The van der Waals surface area contributed by atoms with Crippen molar-refractivity contribution in [1.29, 1.82) is 0 Å². The number of hydrogen-bond acceptors (Lipinski definition) is 4. The predicted molar refractivity (Wildman–Crippen MR) is 135 cm³/mol. The second kappa shape index (κ2) is 11.1. The maximum atomic E-state index is 13.2. The first-order valence-electron chi connectivity index (χ1n) is 11.3. The van der Waals surface area contributed by atoms with Crippen LogP contribution in [0.1, 0.15) is 47.3 Å². The molecule has 0 spiro atoms. The van der Waals surface area contributed by atoms with E-state index in [4.69, 9.17) is 33.4 Å². The average molecular weight is 497 g/mol. The number of halogens is 2. The molecule has 0 radical (unpaired) electrons. The van der Waals surface area contributed by atoms with Gasteiger partial charge in [-0.3, -0.25) is 10.2 Å². The first-order valence-corrected chi connectivity index (χ1v) is 12.0. The van der Waals surface area contributed by atoms with Crippen LogP contribution in [-0.2, 0) is 0 Å². The Morgan fingerprint density at radius 1 is 1.12 bits per heavy atom. The van der Waals surface area contributed by atoms with E-state index in [9.17, 15) is 4.79 Å². The van der Waals surface area contributed by atoms with Gasteiger partial charge in [-0.25, -0.2) is 9.69 Å². The minimum Gasteiger partial charge on any atom is -0.395 e. The van der Waals surface area contributed by atoms with Crippen molar-refractivity contribution in [3.63, 3.8) is 0 Å². The fraction of sp³-hybridized carbons (Fsp3) is 0.308. The Hall–Kier alpha value is -2.82. The summed E-state index contributed by atoms with van der Waals surface area (Å²) in [5.74, 6) is 5.72. The molecular weight excluding hydrogens is 471 g/mol. The van der Waals surface area contributed by atoms with Gasteiger partial charge in [0.1, 0.15) is 0 Å². The van der Waals surface area contributed by atoms with E-state index in [-0.39, 0.29) is 12.5 Å². The molecule has 2 N–H and O–H groups in total. The molecule has 1 saturated heterocycles. The molecule has 1 aliphatic rings. The van der Waals surface area contributed by atoms with Gasteiger partial charge in [0.05, 0.1) is 23.0 Å². The van der Waals surface area contributed by atoms with Gasteiger partial charge in [-0.05, 0) is 50.1 Å². The highest BCUT2D eigenvalue weighted by molar-refractivity contribution is 6.35. The van der Waals surface area contributed by atoms with Crippen molar-refractivity contribution in [1.82, 2.24) is 20.2 Å². The van der Waals surface area contributed by atoms with E-state index < -0.39 is 0 Å². The number of rotatable bonds is 5. The fourth-order valence-corrected chi connectivity index (χ4v) is 4.50. The average Bonchev–Trinajstić information content (AvgIpc) is 3.17. The third kappa shape index (κ3) is 5.45. The molecular formula is C26H26Cl2N4O2. The van der Waals surface area contributed by atoms with Crippen LogP contribution in [-0.4, -0.2) is 45.5 Å². The van der Waals surface area contributed by atoms with E-state index in [0.717, 1.165) is 48.3 Å². The number of aliphatic hydroxyl groups excluding tert-OH is 1. The molecule has 1 fully saturated rings. The molecule has 0 unspecified atom stereocenters. The van der Waals surface area contributed by atoms with Gasteiger partial charge in [0.25, 0.3) is 5.91 Å². The minimum absolute atomic E-state index is 0.0353. The van der Waals surface area contributed by atoms with Crippen molar-refractivity contribution in [2.45, 2.75) is 32.6 Å². The van der Waals surface area contributed by atoms with E-state index in [1.54, 1.807) is 22.9 Å². The van der Waals surface area contributed by atoms with Crippen LogP contribution in [0, 0.1) is 18.8 Å². The smallest absolute Gasteiger partial charge is 0.286 e. The Balaban J connectivity index is 1.76. The van der Waals surface area contributed by atoms with Crippen LogP contribution >= 0.6 is 23.2 Å². The lowest BCUT2D eigenvalue weighted by Crippen LogP contribution is -2.45. The second-order valence-corrected chi connectivity index (χ2v) is 9.01. The number of aliphatic hydroxyl groups is 1. The number of hydrazine groups is 1. The Morgan fingerprint density at radius 3 is 2.53 bits per heavy atom. The van der Waals surface area contributed by atoms with E-state index in [2.05, 4.69) is 17.3 Å². The van der Waals surface area contributed by atoms with Gasteiger partial charge in [-0.15, -0.1) is 0 Å². The molecule has 0 saturated carbocycles. The van der Waals surface area contributed by atoms with Crippen molar-refractivity contribution in [3.05, 3.63) is 69.3 Å². The van der Waals surface area contributed by atoms with Crippen LogP contribution in [0.4, 0.5) is 0 Å². The third-order valence-corrected chi connectivity index (χ3v) is 6.26. The van der Waals surface area contributed by atoms with E-state index >= 15 is 0 Å². The molecule has 4 rings (SSSR count). The molecule has 0 atom stereocenters. The Bertz CT molecular complexity index is 1240. The van der Waals surface area contributed by atoms with Crippen molar-refractivity contribution in [2.24, 2.45) is 0 Å². The molecule has 1 amide bonds. The van der Waals surface area contributed by atoms with E-state index in [0.29, 0.717) is 27.8 Å². The van der Waals surface area contributed by atoms with Crippen LogP contribution in [0.5, 0.6) is 0 Å². The number of carbonyl (C=O) groups is 1. The molecule has 2 aromatic carbocycles. The Morgan fingerprint density at radius 2 is 1.85 bits per heavy atom. The van der Waals surface area contributed by atoms with Gasteiger partial charge < -0.3 is 5.11 Å². The fourth-order valence-electron chi connectivity index (χ4n) is 4.01.